The largest absolute Gasteiger partial charge is 0.313 e. The molecule has 1 heterocycles. The number of carbonyl (C=O) groups is 1. The first-order valence-corrected chi connectivity index (χ1v) is 10.3. The maximum absolute atomic E-state index is 12.8. The Morgan fingerprint density at radius 2 is 1.81 bits per heavy atom. The summed E-state index contributed by atoms with van der Waals surface area (Å²) in [6, 6.07) is 15.8. The van der Waals surface area contributed by atoms with Gasteiger partial charge in [-0.2, -0.15) is 0 Å². The third-order valence-electron chi connectivity index (χ3n) is 4.52. The van der Waals surface area contributed by atoms with E-state index >= 15 is 0 Å². The molecule has 0 saturated heterocycles. The summed E-state index contributed by atoms with van der Waals surface area (Å²) < 4.78 is 0. The van der Waals surface area contributed by atoms with Gasteiger partial charge >= 0.3 is 0 Å². The van der Waals surface area contributed by atoms with Gasteiger partial charge in [0.2, 0.25) is 0 Å². The van der Waals surface area contributed by atoms with Gasteiger partial charge < -0.3 is 4.90 Å². The molecule has 3 rings (SSSR count). The highest BCUT2D eigenvalue weighted by Gasteiger charge is 2.25. The molecular weight excluding hydrogens is 444 g/mol. The smallest absolute Gasteiger partial charge is 0.182 e. The average Bonchev–Trinajstić information content (AvgIpc) is 3.15. The van der Waals surface area contributed by atoms with E-state index < -0.39 is 0 Å². The first kappa shape index (κ1) is 22.0. The van der Waals surface area contributed by atoms with Crippen molar-refractivity contribution in [3.63, 3.8) is 0 Å². The molecule has 1 unspecified atom stereocenters. The first-order valence-electron chi connectivity index (χ1n) is 8.96. The highest BCUT2D eigenvalue weighted by atomic mass is 79.9. The predicted molar refractivity (Wildman–Crippen MR) is 123 cm³/mol. The molecule has 27 heavy (non-hydrogen) atoms. The monoisotopic (exact) mass is 466 g/mol. The van der Waals surface area contributed by atoms with Crippen molar-refractivity contribution in [1.29, 1.82) is 0 Å². The van der Waals surface area contributed by atoms with E-state index in [-0.39, 0.29) is 29.3 Å². The Morgan fingerprint density at radius 1 is 1.15 bits per heavy atom. The van der Waals surface area contributed by atoms with Gasteiger partial charge in [-0.1, -0.05) is 49.3 Å². The molecule has 6 heteroatoms. The Morgan fingerprint density at radius 3 is 2.37 bits per heavy atom. The highest BCUT2D eigenvalue weighted by Crippen LogP contribution is 2.27. The topological polar surface area (TPSA) is 32.7 Å². The van der Waals surface area contributed by atoms with Gasteiger partial charge in [-0.05, 0) is 54.8 Å². The number of hydrogen-bond donors (Lipinski definition) is 0. The molecule has 0 bridgehead atoms. The van der Waals surface area contributed by atoms with E-state index in [1.807, 2.05) is 4.90 Å². The fraction of sp³-hybridized carbons (Fsp3) is 0.333. The van der Waals surface area contributed by atoms with Crippen LogP contribution in [0.2, 0.25) is 5.02 Å². The number of aryl methyl sites for hydroxylation is 1. The number of Topliss-reactive ketones (excluding diaryl/α,β-unsaturated/α-hetero) is 1. The fourth-order valence-electron chi connectivity index (χ4n) is 2.81. The van der Waals surface area contributed by atoms with Crippen LogP contribution in [0.3, 0.4) is 0 Å². The lowest BCUT2D eigenvalue weighted by Crippen LogP contribution is -2.33. The Bertz CT molecular complexity index is 793. The number of rotatable bonds is 6. The van der Waals surface area contributed by atoms with E-state index in [2.05, 4.69) is 38.1 Å². The van der Waals surface area contributed by atoms with Crippen molar-refractivity contribution in [1.82, 2.24) is 0 Å². The van der Waals surface area contributed by atoms with Crippen LogP contribution in [0.5, 0.6) is 0 Å². The van der Waals surface area contributed by atoms with Gasteiger partial charge in [-0.3, -0.25) is 9.79 Å². The average molecular weight is 468 g/mol. The molecule has 0 amide bonds. The second-order valence-electron chi connectivity index (χ2n) is 6.32. The molecule has 3 nitrogen and oxygen atoms in total. The molecule has 1 aliphatic rings. The number of thioether (sulfide) groups is 1. The minimum atomic E-state index is 0. The molecule has 144 valence electrons. The van der Waals surface area contributed by atoms with Crippen LogP contribution in [-0.4, -0.2) is 29.3 Å². The SMILES string of the molecule is Br.CCc1ccc(N(CC(=O)c2ccc(Cl)cc2)C2=NC(CC)CS2)cc1. The second-order valence-corrected chi connectivity index (χ2v) is 7.74. The minimum absolute atomic E-state index is 0. The third-order valence-corrected chi connectivity index (χ3v) is 5.91. The maximum Gasteiger partial charge on any atom is 0.182 e. The zero-order valence-electron chi connectivity index (χ0n) is 15.5. The van der Waals surface area contributed by atoms with Crippen LogP contribution >= 0.6 is 40.3 Å². The van der Waals surface area contributed by atoms with E-state index in [4.69, 9.17) is 16.6 Å². The van der Waals surface area contributed by atoms with Crippen LogP contribution in [0.4, 0.5) is 5.69 Å². The number of hydrogen-bond acceptors (Lipinski definition) is 4. The fourth-order valence-corrected chi connectivity index (χ4v) is 4.14. The Balaban J connectivity index is 0.00000261. The normalized spacial score (nSPS) is 15.8. The minimum Gasteiger partial charge on any atom is -0.313 e. The summed E-state index contributed by atoms with van der Waals surface area (Å²) in [6.45, 7) is 4.56. The Kier molecular flexibility index (Phi) is 8.39. The van der Waals surface area contributed by atoms with Crippen LogP contribution in [0.15, 0.2) is 53.5 Å². The number of benzene rings is 2. The van der Waals surface area contributed by atoms with E-state index in [1.54, 1.807) is 36.0 Å². The van der Waals surface area contributed by atoms with Gasteiger partial charge in [0.1, 0.15) is 0 Å². The summed E-state index contributed by atoms with van der Waals surface area (Å²) in [5.74, 6) is 1.04. The van der Waals surface area contributed by atoms with Gasteiger partial charge in [-0.25, -0.2) is 0 Å². The summed E-state index contributed by atoms with van der Waals surface area (Å²) in [5.41, 5.74) is 2.96. The van der Waals surface area contributed by atoms with Gasteiger partial charge in [0.25, 0.3) is 0 Å². The number of ketones is 1. The molecule has 0 aliphatic carbocycles. The first-order chi connectivity index (χ1) is 12.6. The summed E-state index contributed by atoms with van der Waals surface area (Å²) in [6.07, 6.45) is 2.02. The van der Waals surface area contributed by atoms with Crippen molar-refractivity contribution < 1.29 is 4.79 Å². The van der Waals surface area contributed by atoms with Crippen LogP contribution in [0.1, 0.15) is 36.2 Å². The van der Waals surface area contributed by atoms with Crippen molar-refractivity contribution >= 4 is 57.0 Å². The molecule has 0 N–H and O–H groups in total. The highest BCUT2D eigenvalue weighted by molar-refractivity contribution is 8.93. The number of carbonyl (C=O) groups excluding carboxylic acids is 1. The third kappa shape index (κ3) is 5.59. The zero-order chi connectivity index (χ0) is 18.5. The second kappa shape index (κ2) is 10.3. The molecule has 1 atom stereocenters. The predicted octanol–water partition coefficient (Wildman–Crippen LogP) is 6.05. The molecule has 0 aromatic heterocycles. The quantitative estimate of drug-likeness (QED) is 0.485. The van der Waals surface area contributed by atoms with E-state index in [0.717, 1.165) is 29.4 Å². The molecule has 1 aliphatic heterocycles. The lowest BCUT2D eigenvalue weighted by atomic mass is 10.1. The van der Waals surface area contributed by atoms with E-state index in [9.17, 15) is 4.79 Å². The summed E-state index contributed by atoms with van der Waals surface area (Å²) >= 11 is 7.67. The van der Waals surface area contributed by atoms with Gasteiger partial charge in [0, 0.05) is 22.0 Å². The summed E-state index contributed by atoms with van der Waals surface area (Å²) in [7, 11) is 0. The van der Waals surface area contributed by atoms with Crippen molar-refractivity contribution in [3.05, 3.63) is 64.7 Å². The Labute approximate surface area is 181 Å². The molecule has 2 aromatic rings. The molecular formula is C21H24BrClN2OS. The van der Waals surface area contributed by atoms with Crippen LogP contribution in [0.25, 0.3) is 0 Å². The van der Waals surface area contributed by atoms with Crippen LogP contribution in [0, 0.1) is 0 Å². The van der Waals surface area contributed by atoms with E-state index in [1.165, 1.54) is 5.56 Å². The van der Waals surface area contributed by atoms with Crippen molar-refractivity contribution in [3.8, 4) is 0 Å². The number of amidine groups is 1. The maximum atomic E-state index is 12.8. The van der Waals surface area contributed by atoms with Crippen molar-refractivity contribution in [2.24, 2.45) is 4.99 Å². The van der Waals surface area contributed by atoms with Gasteiger partial charge in [0.15, 0.2) is 11.0 Å². The Hall–Kier alpha value is -1.30. The van der Waals surface area contributed by atoms with Crippen molar-refractivity contribution in [2.45, 2.75) is 32.7 Å². The standard InChI is InChI=1S/C21H23ClN2OS.BrH/c1-3-15-5-11-19(12-6-15)24(21-23-18(4-2)14-26-21)13-20(25)16-7-9-17(22)10-8-16;/h5-12,18H,3-4,13-14H2,1-2H3;1H. The molecule has 0 fully saturated rings. The lowest BCUT2D eigenvalue weighted by molar-refractivity contribution is 0.100. The van der Waals surface area contributed by atoms with Gasteiger partial charge in [-0.15, -0.1) is 17.0 Å². The molecule has 2 aromatic carbocycles. The summed E-state index contributed by atoms with van der Waals surface area (Å²) in [5, 5.41) is 1.57. The summed E-state index contributed by atoms with van der Waals surface area (Å²) in [4.78, 5) is 19.7. The lowest BCUT2D eigenvalue weighted by Gasteiger charge is -2.23. The van der Waals surface area contributed by atoms with Crippen LogP contribution in [-0.2, 0) is 6.42 Å². The van der Waals surface area contributed by atoms with E-state index in [0.29, 0.717) is 16.6 Å². The number of halogens is 2. The number of nitrogens with zero attached hydrogens (tertiary/aromatic N) is 2. The van der Waals surface area contributed by atoms with Crippen LogP contribution < -0.4 is 4.90 Å². The number of anilines is 1. The molecule has 0 radical (unpaired) electrons. The van der Waals surface area contributed by atoms with Crippen molar-refractivity contribution in [2.75, 3.05) is 17.2 Å². The van der Waals surface area contributed by atoms with Gasteiger partial charge in [0.05, 0.1) is 12.6 Å². The molecule has 0 saturated carbocycles. The zero-order valence-corrected chi connectivity index (χ0v) is 18.8. The molecule has 0 spiro atoms. The number of aliphatic imine (C=N–C) groups is 1.